The molecule has 8 heteroatoms. The first-order chi connectivity index (χ1) is 13.3. The molecule has 0 heterocycles. The van der Waals surface area contributed by atoms with Gasteiger partial charge in [-0.05, 0) is 49.4 Å². The van der Waals surface area contributed by atoms with E-state index in [-0.39, 0.29) is 18.1 Å². The van der Waals surface area contributed by atoms with Crippen LogP contribution < -0.4 is 4.74 Å². The van der Waals surface area contributed by atoms with Crippen molar-refractivity contribution in [3.63, 3.8) is 0 Å². The normalized spacial score (nSPS) is 12.7. The average molecular weight is 408 g/mol. The first kappa shape index (κ1) is 21.6. The first-order valence-corrected chi connectivity index (χ1v) is 9.85. The fourth-order valence-corrected chi connectivity index (χ4v) is 3.02. The maximum atomic E-state index is 12.9. The van der Waals surface area contributed by atoms with Crippen molar-refractivity contribution < 1.29 is 31.3 Å². The molecule has 1 unspecified atom stereocenters. The van der Waals surface area contributed by atoms with E-state index in [2.05, 4.69) is 0 Å². The second kappa shape index (κ2) is 10.0. The van der Waals surface area contributed by atoms with Crippen molar-refractivity contribution in [2.45, 2.75) is 24.8 Å². The predicted octanol–water partition coefficient (Wildman–Crippen LogP) is 3.41. The Morgan fingerprint density at radius 2 is 1.75 bits per heavy atom. The molecule has 0 fully saturated rings. The number of hydrogen-bond acceptors (Lipinski definition) is 6. The van der Waals surface area contributed by atoms with Gasteiger partial charge in [-0.2, -0.15) is 8.42 Å². The third-order valence-electron chi connectivity index (χ3n) is 3.53. The largest absolute Gasteiger partial charge is 0.489 e. The summed E-state index contributed by atoms with van der Waals surface area (Å²) in [6.07, 6.45) is 2.14. The number of esters is 1. The van der Waals surface area contributed by atoms with E-state index in [4.69, 9.17) is 13.7 Å². The Labute approximate surface area is 163 Å². The van der Waals surface area contributed by atoms with E-state index >= 15 is 0 Å². The van der Waals surface area contributed by atoms with Gasteiger partial charge in [-0.1, -0.05) is 23.8 Å². The number of carbonyl (C=O) groups is 1. The highest BCUT2D eigenvalue weighted by molar-refractivity contribution is 7.86. The fraction of sp³-hybridized carbons (Fsp3) is 0.250. The summed E-state index contributed by atoms with van der Waals surface area (Å²) in [5.74, 6) is -0.508. The van der Waals surface area contributed by atoms with Gasteiger partial charge in [0.15, 0.2) is 6.10 Å². The van der Waals surface area contributed by atoms with E-state index in [0.29, 0.717) is 5.75 Å². The molecule has 150 valence electrons. The zero-order valence-corrected chi connectivity index (χ0v) is 16.3. The summed E-state index contributed by atoms with van der Waals surface area (Å²) >= 11 is 0. The van der Waals surface area contributed by atoms with Crippen molar-refractivity contribution in [2.75, 3.05) is 13.2 Å². The van der Waals surface area contributed by atoms with Crippen molar-refractivity contribution >= 4 is 16.1 Å². The minimum absolute atomic E-state index is 0.0214. The molecule has 0 N–H and O–H groups in total. The Hall–Kier alpha value is -2.71. The van der Waals surface area contributed by atoms with E-state index in [1.54, 1.807) is 12.1 Å². The molecule has 0 saturated carbocycles. The predicted molar refractivity (Wildman–Crippen MR) is 101 cm³/mol. The average Bonchev–Trinajstić information content (AvgIpc) is 2.64. The van der Waals surface area contributed by atoms with Gasteiger partial charge in [0.05, 0.1) is 11.5 Å². The van der Waals surface area contributed by atoms with Gasteiger partial charge >= 0.3 is 5.97 Å². The lowest BCUT2D eigenvalue weighted by Crippen LogP contribution is -2.22. The molecule has 0 amide bonds. The van der Waals surface area contributed by atoms with Gasteiger partial charge in [-0.3, -0.25) is 8.98 Å². The quantitative estimate of drug-likeness (QED) is 0.359. The van der Waals surface area contributed by atoms with Gasteiger partial charge in [0.1, 0.15) is 18.2 Å². The van der Waals surface area contributed by atoms with Gasteiger partial charge in [-0.25, -0.2) is 4.39 Å². The molecular weight excluding hydrogens is 387 g/mol. The minimum atomic E-state index is -3.88. The highest BCUT2D eigenvalue weighted by Crippen LogP contribution is 2.14. The monoisotopic (exact) mass is 408 g/mol. The van der Waals surface area contributed by atoms with Crippen LogP contribution in [0.4, 0.5) is 4.39 Å². The maximum Gasteiger partial charge on any atom is 0.303 e. The summed E-state index contributed by atoms with van der Waals surface area (Å²) in [7, 11) is -3.88. The molecule has 0 radical (unpaired) electrons. The van der Waals surface area contributed by atoms with Crippen LogP contribution in [0.15, 0.2) is 65.6 Å². The fourth-order valence-electron chi connectivity index (χ4n) is 2.16. The third-order valence-corrected chi connectivity index (χ3v) is 4.82. The number of aryl methyl sites for hydroxylation is 1. The van der Waals surface area contributed by atoms with E-state index in [0.717, 1.165) is 5.56 Å². The van der Waals surface area contributed by atoms with Gasteiger partial charge in [0.2, 0.25) is 0 Å². The van der Waals surface area contributed by atoms with Crippen LogP contribution in [0.3, 0.4) is 0 Å². The van der Waals surface area contributed by atoms with Crippen LogP contribution in [0.25, 0.3) is 0 Å². The first-order valence-electron chi connectivity index (χ1n) is 8.44. The third kappa shape index (κ3) is 7.13. The van der Waals surface area contributed by atoms with E-state index < -0.39 is 28.0 Å². The Morgan fingerprint density at radius 1 is 1.11 bits per heavy atom. The SMILES string of the molecule is CC(=O)OC(/C=C/COS(=O)(=O)c1ccc(C)cc1)COc1ccc(F)cc1. The second-order valence-corrected chi connectivity index (χ2v) is 7.51. The van der Waals surface area contributed by atoms with Crippen LogP contribution in [-0.2, 0) is 23.8 Å². The molecule has 28 heavy (non-hydrogen) atoms. The van der Waals surface area contributed by atoms with E-state index in [1.807, 2.05) is 6.92 Å². The summed E-state index contributed by atoms with van der Waals surface area (Å²) in [5.41, 5.74) is 0.934. The van der Waals surface area contributed by atoms with Crippen LogP contribution >= 0.6 is 0 Å². The van der Waals surface area contributed by atoms with E-state index in [1.165, 1.54) is 55.5 Å². The van der Waals surface area contributed by atoms with Crippen LogP contribution in [0, 0.1) is 12.7 Å². The van der Waals surface area contributed by atoms with Crippen molar-refractivity contribution in [1.29, 1.82) is 0 Å². The highest BCUT2D eigenvalue weighted by Gasteiger charge is 2.14. The molecule has 0 aliphatic rings. The zero-order chi connectivity index (χ0) is 20.6. The molecule has 0 aliphatic heterocycles. The van der Waals surface area contributed by atoms with Crippen molar-refractivity contribution in [1.82, 2.24) is 0 Å². The standard InChI is InChI=1S/C20H21FO6S/c1-15-5-11-20(12-6-15)28(23,24)26-13-3-4-19(27-16(2)22)14-25-18-9-7-17(21)8-10-18/h3-12,19H,13-14H2,1-2H3/b4-3+. The van der Waals surface area contributed by atoms with Crippen molar-refractivity contribution in [3.8, 4) is 5.75 Å². The molecule has 0 bridgehead atoms. The number of rotatable bonds is 9. The zero-order valence-electron chi connectivity index (χ0n) is 15.5. The van der Waals surface area contributed by atoms with Crippen LogP contribution in [0.2, 0.25) is 0 Å². The van der Waals surface area contributed by atoms with Crippen molar-refractivity contribution in [3.05, 3.63) is 72.1 Å². The lowest BCUT2D eigenvalue weighted by Gasteiger charge is -2.14. The lowest BCUT2D eigenvalue weighted by molar-refractivity contribution is -0.145. The summed E-state index contributed by atoms with van der Waals surface area (Å²) < 4.78 is 52.6. The topological polar surface area (TPSA) is 78.9 Å². The second-order valence-electron chi connectivity index (χ2n) is 5.89. The Bertz CT molecular complexity index is 905. The molecule has 0 saturated heterocycles. The van der Waals surface area contributed by atoms with Crippen LogP contribution in [-0.4, -0.2) is 33.7 Å². The molecule has 6 nitrogen and oxygen atoms in total. The molecule has 0 spiro atoms. The summed E-state index contributed by atoms with van der Waals surface area (Å²) in [6.45, 7) is 2.84. The molecule has 2 aromatic carbocycles. The van der Waals surface area contributed by atoms with Gasteiger partial charge in [0.25, 0.3) is 10.1 Å². The molecule has 2 aromatic rings. The molecule has 1 atom stereocenters. The summed E-state index contributed by atoms with van der Waals surface area (Å²) in [5, 5.41) is 0. The maximum absolute atomic E-state index is 12.9. The number of carbonyl (C=O) groups excluding carboxylic acids is 1. The van der Waals surface area contributed by atoms with Crippen LogP contribution in [0.1, 0.15) is 12.5 Å². The highest BCUT2D eigenvalue weighted by atomic mass is 32.2. The van der Waals surface area contributed by atoms with Gasteiger partial charge in [-0.15, -0.1) is 0 Å². The number of hydrogen-bond donors (Lipinski definition) is 0. The lowest BCUT2D eigenvalue weighted by atomic mass is 10.2. The molecule has 0 aromatic heterocycles. The number of ether oxygens (including phenoxy) is 2. The number of halogens is 1. The summed E-state index contributed by atoms with van der Waals surface area (Å²) in [6, 6.07) is 11.7. The molecule has 0 aliphatic carbocycles. The van der Waals surface area contributed by atoms with Gasteiger partial charge < -0.3 is 9.47 Å². The smallest absolute Gasteiger partial charge is 0.303 e. The summed E-state index contributed by atoms with van der Waals surface area (Å²) in [4.78, 5) is 11.3. The number of benzene rings is 2. The minimum Gasteiger partial charge on any atom is -0.489 e. The Balaban J connectivity index is 1.91. The Kier molecular flexibility index (Phi) is 7.71. The Morgan fingerprint density at radius 3 is 2.36 bits per heavy atom. The van der Waals surface area contributed by atoms with Crippen molar-refractivity contribution in [2.24, 2.45) is 0 Å². The van der Waals surface area contributed by atoms with E-state index in [9.17, 15) is 17.6 Å². The molecular formula is C20H21FO6S. The molecule has 2 rings (SSSR count). The van der Waals surface area contributed by atoms with Crippen LogP contribution in [0.5, 0.6) is 5.75 Å². The van der Waals surface area contributed by atoms with Gasteiger partial charge in [0, 0.05) is 6.92 Å².